The van der Waals surface area contributed by atoms with Gasteiger partial charge in [-0.15, -0.1) is 11.3 Å². The van der Waals surface area contributed by atoms with Crippen LogP contribution in [-0.4, -0.2) is 41.8 Å². The number of anilines is 1. The molecule has 1 amide bonds. The van der Waals surface area contributed by atoms with Crippen molar-refractivity contribution >= 4 is 50.8 Å². The van der Waals surface area contributed by atoms with E-state index >= 15 is 4.39 Å². The van der Waals surface area contributed by atoms with E-state index in [1.165, 1.54) is 24.5 Å². The standard InChI is InChI=1S/C28H22FN7O2S/c1-13(2)28(38)32-16-10-15(11-30-12-16)17-4-5-19-22(23(17)29)25(36-35-19)27-33-24-18(8-9-31-26(24)34-27)21-7-6-20(39-21)14(3)37/h4-13H,1-3H3,(H,32,38)(H,35,36)(H,31,33,34). The van der Waals surface area contributed by atoms with E-state index in [4.69, 9.17) is 0 Å². The average Bonchev–Trinajstić information content (AvgIpc) is 3.66. The number of amides is 1. The largest absolute Gasteiger partial charge is 0.335 e. The third kappa shape index (κ3) is 4.36. The Labute approximate surface area is 225 Å². The first-order valence-electron chi connectivity index (χ1n) is 12.2. The first kappa shape index (κ1) is 24.6. The summed E-state index contributed by atoms with van der Waals surface area (Å²) in [5.74, 6) is -0.501. The summed E-state index contributed by atoms with van der Waals surface area (Å²) in [4.78, 5) is 41.9. The number of carbonyl (C=O) groups excluding carboxylic acids is 2. The van der Waals surface area contributed by atoms with Crippen molar-refractivity contribution in [1.82, 2.24) is 30.1 Å². The highest BCUT2D eigenvalue weighted by Crippen LogP contribution is 2.36. The minimum Gasteiger partial charge on any atom is -0.335 e. The molecular weight excluding hydrogens is 517 g/mol. The van der Waals surface area contributed by atoms with Crippen LogP contribution in [0.1, 0.15) is 30.4 Å². The Bertz CT molecular complexity index is 1900. The van der Waals surface area contributed by atoms with Gasteiger partial charge in [0.15, 0.2) is 17.3 Å². The van der Waals surface area contributed by atoms with E-state index in [0.717, 1.165) is 10.4 Å². The molecule has 0 aliphatic rings. The molecule has 0 atom stereocenters. The van der Waals surface area contributed by atoms with Gasteiger partial charge >= 0.3 is 0 Å². The third-order valence-corrected chi connectivity index (χ3v) is 7.56. The van der Waals surface area contributed by atoms with Crippen molar-refractivity contribution in [3.63, 3.8) is 0 Å². The number of aromatic nitrogens is 6. The van der Waals surface area contributed by atoms with Gasteiger partial charge in [-0.1, -0.05) is 13.8 Å². The Morgan fingerprint density at radius 3 is 2.69 bits per heavy atom. The normalized spacial score (nSPS) is 11.5. The number of halogens is 1. The van der Waals surface area contributed by atoms with Gasteiger partial charge in [-0.25, -0.2) is 14.4 Å². The Balaban J connectivity index is 1.44. The highest BCUT2D eigenvalue weighted by atomic mass is 32.1. The number of fused-ring (bicyclic) bond motifs is 2. The molecule has 0 saturated heterocycles. The fraction of sp³-hybridized carbons (Fsp3) is 0.143. The number of rotatable bonds is 6. The minimum absolute atomic E-state index is 0.000777. The summed E-state index contributed by atoms with van der Waals surface area (Å²) in [7, 11) is 0. The summed E-state index contributed by atoms with van der Waals surface area (Å²) in [6.45, 7) is 5.12. The van der Waals surface area contributed by atoms with Crippen molar-refractivity contribution < 1.29 is 14.0 Å². The summed E-state index contributed by atoms with van der Waals surface area (Å²) in [6, 6.07) is 10.6. The molecule has 0 unspecified atom stereocenters. The number of thiophene rings is 1. The number of carbonyl (C=O) groups is 2. The van der Waals surface area contributed by atoms with Crippen LogP contribution >= 0.6 is 11.3 Å². The van der Waals surface area contributed by atoms with Gasteiger partial charge in [-0.05, 0) is 43.3 Å². The number of imidazole rings is 1. The Kier molecular flexibility index (Phi) is 5.99. The van der Waals surface area contributed by atoms with Gasteiger partial charge in [-0.3, -0.25) is 19.7 Å². The number of nitrogens with zero attached hydrogens (tertiary/aromatic N) is 4. The number of Topliss-reactive ketones (excluding diaryl/α,β-unsaturated/α-hetero) is 1. The maximum absolute atomic E-state index is 16.1. The molecule has 0 spiro atoms. The molecule has 0 radical (unpaired) electrons. The molecule has 5 aromatic heterocycles. The topological polar surface area (TPSA) is 129 Å². The van der Waals surface area contributed by atoms with Gasteiger partial charge in [0.25, 0.3) is 0 Å². The summed E-state index contributed by atoms with van der Waals surface area (Å²) in [5, 5.41) is 10.3. The average molecular weight is 540 g/mol. The fourth-order valence-electron chi connectivity index (χ4n) is 4.31. The van der Waals surface area contributed by atoms with E-state index in [9.17, 15) is 9.59 Å². The molecule has 39 heavy (non-hydrogen) atoms. The molecule has 9 nitrogen and oxygen atoms in total. The van der Waals surface area contributed by atoms with Crippen molar-refractivity contribution in [1.29, 1.82) is 0 Å². The highest BCUT2D eigenvalue weighted by Gasteiger charge is 2.21. The Morgan fingerprint density at radius 1 is 1.08 bits per heavy atom. The first-order valence-corrected chi connectivity index (χ1v) is 13.0. The highest BCUT2D eigenvalue weighted by molar-refractivity contribution is 7.17. The summed E-state index contributed by atoms with van der Waals surface area (Å²) >= 11 is 1.39. The SMILES string of the molecule is CC(=O)c1ccc(-c2ccnc3nc(-c4n[nH]c5ccc(-c6cncc(NC(=O)C(C)C)c6)c(F)c45)[nH]c23)s1. The van der Waals surface area contributed by atoms with Crippen molar-refractivity contribution in [3.05, 3.63) is 65.7 Å². The number of aromatic amines is 2. The number of pyridine rings is 2. The van der Waals surface area contributed by atoms with E-state index in [-0.39, 0.29) is 23.0 Å². The zero-order valence-corrected chi connectivity index (χ0v) is 22.0. The monoisotopic (exact) mass is 539 g/mol. The number of hydrogen-bond donors (Lipinski definition) is 3. The Hall–Kier alpha value is -4.77. The van der Waals surface area contributed by atoms with Crippen LogP contribution in [0.2, 0.25) is 0 Å². The number of nitrogens with one attached hydrogen (secondary N) is 3. The van der Waals surface area contributed by atoms with Gasteiger partial charge in [-0.2, -0.15) is 5.10 Å². The van der Waals surface area contributed by atoms with E-state index in [1.807, 2.05) is 12.1 Å². The number of H-pyrrole nitrogens is 2. The van der Waals surface area contributed by atoms with Crippen LogP contribution < -0.4 is 5.32 Å². The molecule has 0 saturated carbocycles. The summed E-state index contributed by atoms with van der Waals surface area (Å²) < 4.78 is 16.1. The van der Waals surface area contributed by atoms with Gasteiger partial charge in [0, 0.05) is 39.9 Å². The van der Waals surface area contributed by atoms with Crippen LogP contribution in [-0.2, 0) is 4.79 Å². The molecular formula is C28H22FN7O2S. The zero-order valence-electron chi connectivity index (χ0n) is 21.2. The lowest BCUT2D eigenvalue weighted by Gasteiger charge is -2.10. The number of benzene rings is 1. The molecule has 5 heterocycles. The van der Waals surface area contributed by atoms with Crippen LogP contribution in [0, 0.1) is 11.7 Å². The molecule has 1 aromatic carbocycles. The van der Waals surface area contributed by atoms with Crippen molar-refractivity contribution in [2.75, 3.05) is 5.32 Å². The van der Waals surface area contributed by atoms with E-state index in [1.54, 1.807) is 50.5 Å². The quantitative estimate of drug-likeness (QED) is 0.215. The molecule has 0 bridgehead atoms. The van der Waals surface area contributed by atoms with Gasteiger partial charge in [0.2, 0.25) is 5.91 Å². The van der Waals surface area contributed by atoms with Crippen molar-refractivity contribution in [3.8, 4) is 33.1 Å². The molecule has 3 N–H and O–H groups in total. The third-order valence-electron chi connectivity index (χ3n) is 6.34. The minimum atomic E-state index is -0.497. The lowest BCUT2D eigenvalue weighted by molar-refractivity contribution is -0.118. The molecule has 0 aliphatic carbocycles. The van der Waals surface area contributed by atoms with Crippen LogP contribution in [0.5, 0.6) is 0 Å². The summed E-state index contributed by atoms with van der Waals surface area (Å²) in [5.41, 5.74) is 4.06. The van der Waals surface area contributed by atoms with Gasteiger partial charge < -0.3 is 10.3 Å². The zero-order chi connectivity index (χ0) is 27.3. The maximum Gasteiger partial charge on any atom is 0.226 e. The van der Waals surface area contributed by atoms with Crippen molar-refractivity contribution in [2.45, 2.75) is 20.8 Å². The first-order chi connectivity index (χ1) is 18.8. The molecule has 0 aliphatic heterocycles. The van der Waals surface area contributed by atoms with Crippen LogP contribution in [0.15, 0.2) is 55.0 Å². The fourth-order valence-corrected chi connectivity index (χ4v) is 5.24. The number of hydrogen-bond acceptors (Lipinski definition) is 7. The lowest BCUT2D eigenvalue weighted by Crippen LogP contribution is -2.17. The second-order valence-corrected chi connectivity index (χ2v) is 10.5. The predicted molar refractivity (Wildman–Crippen MR) is 149 cm³/mol. The van der Waals surface area contributed by atoms with Gasteiger partial charge in [0.05, 0.1) is 33.2 Å². The van der Waals surface area contributed by atoms with Crippen LogP contribution in [0.4, 0.5) is 10.1 Å². The summed E-state index contributed by atoms with van der Waals surface area (Å²) in [6.07, 6.45) is 4.72. The Morgan fingerprint density at radius 2 is 1.92 bits per heavy atom. The van der Waals surface area contributed by atoms with E-state index in [2.05, 4.69) is 35.5 Å². The smallest absolute Gasteiger partial charge is 0.226 e. The molecule has 11 heteroatoms. The molecule has 6 aromatic rings. The molecule has 194 valence electrons. The second-order valence-electron chi connectivity index (χ2n) is 9.39. The van der Waals surface area contributed by atoms with E-state index in [0.29, 0.717) is 49.9 Å². The second kappa shape index (κ2) is 9.52. The van der Waals surface area contributed by atoms with Crippen molar-refractivity contribution in [2.24, 2.45) is 5.92 Å². The van der Waals surface area contributed by atoms with Crippen LogP contribution in [0.25, 0.3) is 55.2 Å². The van der Waals surface area contributed by atoms with E-state index < -0.39 is 5.82 Å². The predicted octanol–water partition coefficient (Wildman–Crippen LogP) is 6.23. The van der Waals surface area contributed by atoms with Crippen LogP contribution in [0.3, 0.4) is 0 Å². The maximum atomic E-state index is 16.1. The van der Waals surface area contributed by atoms with Gasteiger partial charge in [0.1, 0.15) is 11.5 Å². The molecule has 0 fully saturated rings. The molecule has 6 rings (SSSR count). The lowest BCUT2D eigenvalue weighted by atomic mass is 10.0. The number of ketones is 1.